The third kappa shape index (κ3) is 3.95. The average Bonchev–Trinajstić information content (AvgIpc) is 3.00. The predicted molar refractivity (Wildman–Crippen MR) is 91.0 cm³/mol. The number of halogens is 3. The van der Waals surface area contributed by atoms with Crippen LogP contribution in [0, 0.1) is 5.82 Å². The Labute approximate surface area is 149 Å². The lowest BCUT2D eigenvalue weighted by atomic mass is 10.2. The Morgan fingerprint density at radius 2 is 2.00 bits per heavy atom. The van der Waals surface area contributed by atoms with Crippen molar-refractivity contribution in [1.82, 2.24) is 20.2 Å². The molecular weight excluding hydrogens is 401 g/mol. The zero-order chi connectivity index (χ0) is 17.1. The Hall–Kier alpha value is -2.32. The highest BCUT2D eigenvalue weighted by atomic mass is 79.9. The van der Waals surface area contributed by atoms with Crippen LogP contribution in [0.2, 0.25) is 5.02 Å². The topological polar surface area (TPSA) is 72.7 Å². The molecule has 0 saturated carbocycles. The number of hydrogen-bond acceptors (Lipinski definition) is 4. The van der Waals surface area contributed by atoms with E-state index in [0.29, 0.717) is 11.5 Å². The fourth-order valence-electron chi connectivity index (χ4n) is 1.93. The van der Waals surface area contributed by atoms with Crippen molar-refractivity contribution < 1.29 is 9.18 Å². The van der Waals surface area contributed by atoms with Gasteiger partial charge in [-0.05, 0) is 47.7 Å². The third-order valence-electron chi connectivity index (χ3n) is 3.04. The Bertz CT molecular complexity index is 884. The number of aromatic nitrogens is 4. The Morgan fingerprint density at radius 3 is 2.71 bits per heavy atom. The number of nitrogens with zero attached hydrogens (tertiary/aromatic N) is 4. The van der Waals surface area contributed by atoms with Crippen LogP contribution in [0.25, 0.3) is 11.4 Å². The summed E-state index contributed by atoms with van der Waals surface area (Å²) in [5.41, 5.74) is 1.18. The predicted octanol–water partition coefficient (Wildman–Crippen LogP) is 3.53. The lowest BCUT2D eigenvalue weighted by molar-refractivity contribution is -0.117. The molecule has 0 aliphatic rings. The number of anilines is 1. The van der Waals surface area contributed by atoms with Gasteiger partial charge in [-0.2, -0.15) is 4.80 Å². The minimum atomic E-state index is -0.549. The van der Waals surface area contributed by atoms with E-state index in [1.807, 2.05) is 24.3 Å². The highest BCUT2D eigenvalue weighted by Crippen LogP contribution is 2.19. The number of benzene rings is 2. The average molecular weight is 411 g/mol. The van der Waals surface area contributed by atoms with Crippen molar-refractivity contribution >= 4 is 39.1 Å². The molecule has 1 aromatic heterocycles. The van der Waals surface area contributed by atoms with Gasteiger partial charge in [-0.15, -0.1) is 10.2 Å². The molecule has 0 bridgehead atoms. The summed E-state index contributed by atoms with van der Waals surface area (Å²) in [5.74, 6) is -0.510. The molecule has 122 valence electrons. The van der Waals surface area contributed by atoms with Crippen molar-refractivity contribution in [3.8, 4) is 11.4 Å². The van der Waals surface area contributed by atoms with E-state index in [9.17, 15) is 9.18 Å². The van der Waals surface area contributed by atoms with Crippen molar-refractivity contribution in [1.29, 1.82) is 0 Å². The summed E-state index contributed by atoms with van der Waals surface area (Å²) in [5, 5.41) is 14.4. The number of tetrazole rings is 1. The lowest BCUT2D eigenvalue weighted by Gasteiger charge is -2.05. The standard InChI is InChI=1S/C15H10BrClFN5O/c16-10-3-1-9(2-4-10)15-20-22-23(21-15)8-14(24)19-11-5-6-13(18)12(17)7-11/h1-7H,8H2,(H,19,24). The van der Waals surface area contributed by atoms with Gasteiger partial charge in [0, 0.05) is 15.7 Å². The van der Waals surface area contributed by atoms with E-state index in [4.69, 9.17) is 11.6 Å². The lowest BCUT2D eigenvalue weighted by Crippen LogP contribution is -2.20. The fourth-order valence-corrected chi connectivity index (χ4v) is 2.37. The van der Waals surface area contributed by atoms with Gasteiger partial charge in [-0.25, -0.2) is 4.39 Å². The molecule has 1 amide bonds. The van der Waals surface area contributed by atoms with Gasteiger partial charge in [0.05, 0.1) is 5.02 Å². The second kappa shape index (κ2) is 7.06. The molecular formula is C15H10BrClFN5O. The molecule has 0 spiro atoms. The first-order valence-electron chi connectivity index (χ1n) is 6.80. The highest BCUT2D eigenvalue weighted by Gasteiger charge is 2.10. The number of nitrogens with one attached hydrogen (secondary N) is 1. The second-order valence-electron chi connectivity index (χ2n) is 4.83. The van der Waals surface area contributed by atoms with Gasteiger partial charge in [0.1, 0.15) is 12.4 Å². The van der Waals surface area contributed by atoms with Crippen LogP contribution in [-0.2, 0) is 11.3 Å². The zero-order valence-electron chi connectivity index (χ0n) is 12.1. The SMILES string of the molecule is O=C(Cn1nnc(-c2ccc(Br)cc2)n1)Nc1ccc(F)c(Cl)c1. The van der Waals surface area contributed by atoms with Gasteiger partial charge < -0.3 is 5.32 Å². The quantitative estimate of drug-likeness (QED) is 0.714. The number of carbonyl (C=O) groups excluding carboxylic acids is 1. The monoisotopic (exact) mass is 409 g/mol. The molecule has 0 fully saturated rings. The molecule has 0 aliphatic carbocycles. The van der Waals surface area contributed by atoms with Crippen LogP contribution in [0.4, 0.5) is 10.1 Å². The minimum Gasteiger partial charge on any atom is -0.324 e. The molecule has 24 heavy (non-hydrogen) atoms. The fraction of sp³-hybridized carbons (Fsp3) is 0.0667. The van der Waals surface area contributed by atoms with Crippen molar-refractivity contribution in [2.45, 2.75) is 6.54 Å². The molecule has 2 aromatic carbocycles. The number of rotatable bonds is 4. The van der Waals surface area contributed by atoms with Crippen LogP contribution in [0.1, 0.15) is 0 Å². The van der Waals surface area contributed by atoms with Crippen LogP contribution < -0.4 is 5.32 Å². The van der Waals surface area contributed by atoms with E-state index in [1.54, 1.807) is 0 Å². The molecule has 3 aromatic rings. The highest BCUT2D eigenvalue weighted by molar-refractivity contribution is 9.10. The summed E-state index contributed by atoms with van der Waals surface area (Å²) < 4.78 is 14.0. The maximum Gasteiger partial charge on any atom is 0.248 e. The molecule has 0 aliphatic heterocycles. The van der Waals surface area contributed by atoms with Gasteiger partial charge in [0.15, 0.2) is 0 Å². The Balaban J connectivity index is 1.66. The van der Waals surface area contributed by atoms with E-state index in [-0.39, 0.29) is 17.5 Å². The minimum absolute atomic E-state index is 0.0656. The van der Waals surface area contributed by atoms with Gasteiger partial charge in [-0.3, -0.25) is 4.79 Å². The van der Waals surface area contributed by atoms with E-state index < -0.39 is 5.82 Å². The van der Waals surface area contributed by atoms with Gasteiger partial charge in [-0.1, -0.05) is 27.5 Å². The van der Waals surface area contributed by atoms with Crippen molar-refractivity contribution in [2.75, 3.05) is 5.32 Å². The third-order valence-corrected chi connectivity index (χ3v) is 3.86. The summed E-state index contributed by atoms with van der Waals surface area (Å²) in [6.07, 6.45) is 0. The summed E-state index contributed by atoms with van der Waals surface area (Å²) >= 11 is 9.02. The molecule has 9 heteroatoms. The first-order valence-corrected chi connectivity index (χ1v) is 7.97. The molecule has 6 nitrogen and oxygen atoms in total. The van der Waals surface area contributed by atoms with E-state index in [2.05, 4.69) is 36.7 Å². The number of hydrogen-bond donors (Lipinski definition) is 1. The molecule has 0 unspecified atom stereocenters. The van der Waals surface area contributed by atoms with Crippen LogP contribution in [0.5, 0.6) is 0 Å². The summed E-state index contributed by atoms with van der Waals surface area (Å²) in [7, 11) is 0. The summed E-state index contributed by atoms with van der Waals surface area (Å²) in [6.45, 7) is -0.126. The first-order chi connectivity index (χ1) is 11.5. The smallest absolute Gasteiger partial charge is 0.248 e. The Kier molecular flexibility index (Phi) is 4.86. The largest absolute Gasteiger partial charge is 0.324 e. The number of amides is 1. The normalized spacial score (nSPS) is 10.6. The van der Waals surface area contributed by atoms with Crippen molar-refractivity contribution in [3.05, 3.63) is 57.8 Å². The van der Waals surface area contributed by atoms with Crippen molar-refractivity contribution in [3.63, 3.8) is 0 Å². The molecule has 0 radical (unpaired) electrons. The van der Waals surface area contributed by atoms with Gasteiger partial charge in [0.25, 0.3) is 0 Å². The molecule has 3 rings (SSSR count). The van der Waals surface area contributed by atoms with Crippen molar-refractivity contribution in [2.24, 2.45) is 0 Å². The van der Waals surface area contributed by atoms with Gasteiger partial charge in [0.2, 0.25) is 11.7 Å². The molecule has 0 atom stereocenters. The molecule has 1 heterocycles. The maximum atomic E-state index is 13.1. The summed E-state index contributed by atoms with van der Waals surface area (Å²) in [6, 6.07) is 11.3. The molecule has 0 saturated heterocycles. The zero-order valence-corrected chi connectivity index (χ0v) is 14.4. The first kappa shape index (κ1) is 16.5. The Morgan fingerprint density at radius 1 is 1.25 bits per heavy atom. The number of carbonyl (C=O) groups is 1. The van der Waals surface area contributed by atoms with E-state index >= 15 is 0 Å². The summed E-state index contributed by atoms with van der Waals surface area (Å²) in [4.78, 5) is 13.2. The van der Waals surface area contributed by atoms with Crippen LogP contribution >= 0.6 is 27.5 Å². The maximum absolute atomic E-state index is 13.1. The van der Waals surface area contributed by atoms with E-state index in [0.717, 1.165) is 10.0 Å². The second-order valence-corrected chi connectivity index (χ2v) is 6.15. The van der Waals surface area contributed by atoms with E-state index in [1.165, 1.54) is 23.0 Å². The van der Waals surface area contributed by atoms with Gasteiger partial charge >= 0.3 is 0 Å². The van der Waals surface area contributed by atoms with Crippen LogP contribution in [-0.4, -0.2) is 26.1 Å². The van der Waals surface area contributed by atoms with Crippen LogP contribution in [0.3, 0.4) is 0 Å². The van der Waals surface area contributed by atoms with Crippen LogP contribution in [0.15, 0.2) is 46.9 Å². The molecule has 1 N–H and O–H groups in total.